The Morgan fingerprint density at radius 1 is 0.889 bits per heavy atom. The van der Waals surface area contributed by atoms with Gasteiger partial charge in [-0.25, -0.2) is 13.6 Å². The molecule has 0 aliphatic carbocycles. The molecule has 0 bridgehead atoms. The average Bonchev–Trinajstić information content (AvgIpc) is 2.88. The van der Waals surface area contributed by atoms with E-state index in [1.807, 2.05) is 0 Å². The van der Waals surface area contributed by atoms with Crippen molar-refractivity contribution in [1.29, 1.82) is 0 Å². The van der Waals surface area contributed by atoms with E-state index in [0.717, 1.165) is 45.7 Å². The van der Waals surface area contributed by atoms with Crippen LogP contribution in [0.2, 0.25) is 0 Å². The molecule has 1 aliphatic rings. The number of primary sulfonamides is 1. The lowest BCUT2D eigenvalue weighted by atomic mass is 10.2. The lowest BCUT2D eigenvalue weighted by Gasteiger charge is -2.22. The molecular weight excluding hydrogens is 362 g/mol. The van der Waals surface area contributed by atoms with Gasteiger partial charge in [0.25, 0.3) is 0 Å². The molecule has 7 heteroatoms. The molecule has 0 unspecified atom stereocenters. The molecule has 0 atom stereocenters. The number of rotatable bonds is 7. The first-order valence-electron chi connectivity index (χ1n) is 9.25. The topological polar surface area (TPSA) is 75.9 Å². The third-order valence-electron chi connectivity index (χ3n) is 4.76. The van der Waals surface area contributed by atoms with Gasteiger partial charge in [-0.1, -0.05) is 30.3 Å². The van der Waals surface area contributed by atoms with Crippen LogP contribution in [0.5, 0.6) is 5.75 Å². The van der Waals surface area contributed by atoms with Crippen LogP contribution in [0.15, 0.2) is 59.5 Å². The van der Waals surface area contributed by atoms with Crippen molar-refractivity contribution >= 4 is 10.0 Å². The highest BCUT2D eigenvalue weighted by Gasteiger charge is 2.15. The molecule has 2 N–H and O–H groups in total. The van der Waals surface area contributed by atoms with Gasteiger partial charge in [-0.3, -0.25) is 9.80 Å². The molecule has 0 amide bonds. The lowest BCUT2D eigenvalue weighted by Crippen LogP contribution is -2.33. The Balaban J connectivity index is 1.41. The molecular formula is C20H27N3O3S. The minimum Gasteiger partial charge on any atom is -0.492 e. The number of benzene rings is 2. The number of hydrogen-bond donors (Lipinski definition) is 1. The van der Waals surface area contributed by atoms with Crippen molar-refractivity contribution in [3.8, 4) is 5.75 Å². The Hall–Kier alpha value is -1.93. The van der Waals surface area contributed by atoms with Crippen LogP contribution in [0.25, 0.3) is 0 Å². The maximum atomic E-state index is 11.3. The van der Waals surface area contributed by atoms with E-state index in [0.29, 0.717) is 12.4 Å². The smallest absolute Gasteiger partial charge is 0.238 e. The number of ether oxygens (including phenoxy) is 1. The summed E-state index contributed by atoms with van der Waals surface area (Å²) in [5.41, 5.74) is 1.36. The number of sulfonamides is 1. The Morgan fingerprint density at radius 2 is 1.56 bits per heavy atom. The first kappa shape index (κ1) is 19.8. The largest absolute Gasteiger partial charge is 0.492 e. The molecule has 3 rings (SSSR count). The number of hydrogen-bond acceptors (Lipinski definition) is 5. The maximum absolute atomic E-state index is 11.3. The molecule has 0 aromatic heterocycles. The Bertz CT molecular complexity index is 810. The summed E-state index contributed by atoms with van der Waals surface area (Å²) in [4.78, 5) is 5.02. The summed E-state index contributed by atoms with van der Waals surface area (Å²) in [6.45, 7) is 6.70. The van der Waals surface area contributed by atoms with Gasteiger partial charge < -0.3 is 4.74 Å². The SMILES string of the molecule is NS(=O)(=O)c1ccc(OCCN2CCCN(Cc3ccccc3)CC2)cc1. The summed E-state index contributed by atoms with van der Waals surface area (Å²) in [6, 6.07) is 16.8. The van der Waals surface area contributed by atoms with E-state index in [1.54, 1.807) is 12.1 Å². The highest BCUT2D eigenvalue weighted by Crippen LogP contribution is 2.15. The van der Waals surface area contributed by atoms with Gasteiger partial charge in [0.2, 0.25) is 10.0 Å². The quantitative estimate of drug-likeness (QED) is 0.783. The normalized spacial score (nSPS) is 16.8. The second kappa shape index (κ2) is 9.32. The molecule has 27 heavy (non-hydrogen) atoms. The van der Waals surface area contributed by atoms with Crippen molar-refractivity contribution in [3.05, 3.63) is 60.2 Å². The molecule has 1 saturated heterocycles. The molecule has 0 saturated carbocycles. The summed E-state index contributed by atoms with van der Waals surface area (Å²) in [5.74, 6) is 0.655. The van der Waals surface area contributed by atoms with Crippen molar-refractivity contribution < 1.29 is 13.2 Å². The van der Waals surface area contributed by atoms with E-state index < -0.39 is 10.0 Å². The van der Waals surface area contributed by atoms with Gasteiger partial charge >= 0.3 is 0 Å². The van der Waals surface area contributed by atoms with Crippen molar-refractivity contribution in [1.82, 2.24) is 9.80 Å². The summed E-state index contributed by atoms with van der Waals surface area (Å²) in [5, 5.41) is 5.10. The van der Waals surface area contributed by atoms with E-state index in [9.17, 15) is 8.42 Å². The third-order valence-corrected chi connectivity index (χ3v) is 5.69. The van der Waals surface area contributed by atoms with Crippen LogP contribution >= 0.6 is 0 Å². The number of nitrogens with two attached hydrogens (primary N) is 1. The van der Waals surface area contributed by atoms with Crippen molar-refractivity contribution in [3.63, 3.8) is 0 Å². The third kappa shape index (κ3) is 6.32. The van der Waals surface area contributed by atoms with Gasteiger partial charge in [-0.2, -0.15) is 0 Å². The molecule has 0 radical (unpaired) electrons. The van der Waals surface area contributed by atoms with Crippen LogP contribution in [-0.4, -0.2) is 57.5 Å². The minimum atomic E-state index is -3.66. The predicted octanol–water partition coefficient (Wildman–Crippen LogP) is 1.92. The van der Waals surface area contributed by atoms with Crippen molar-refractivity contribution in [2.75, 3.05) is 39.3 Å². The molecule has 1 heterocycles. The monoisotopic (exact) mass is 389 g/mol. The van der Waals surface area contributed by atoms with E-state index >= 15 is 0 Å². The molecule has 1 fully saturated rings. The second-order valence-electron chi connectivity index (χ2n) is 6.82. The first-order valence-corrected chi connectivity index (χ1v) is 10.8. The van der Waals surface area contributed by atoms with Crippen molar-refractivity contribution in [2.24, 2.45) is 5.14 Å². The zero-order valence-electron chi connectivity index (χ0n) is 15.5. The van der Waals surface area contributed by atoms with Gasteiger partial charge in [0.05, 0.1) is 4.90 Å². The summed E-state index contributed by atoms with van der Waals surface area (Å²) in [7, 11) is -3.66. The maximum Gasteiger partial charge on any atom is 0.238 e. The molecule has 6 nitrogen and oxygen atoms in total. The lowest BCUT2D eigenvalue weighted by molar-refractivity contribution is 0.207. The summed E-state index contributed by atoms with van der Waals surface area (Å²) in [6.07, 6.45) is 1.15. The zero-order valence-corrected chi connectivity index (χ0v) is 16.3. The van der Waals surface area contributed by atoms with Crippen LogP contribution in [0.3, 0.4) is 0 Å². The van der Waals surface area contributed by atoms with E-state index in [2.05, 4.69) is 40.1 Å². The average molecular weight is 390 g/mol. The highest BCUT2D eigenvalue weighted by molar-refractivity contribution is 7.89. The second-order valence-corrected chi connectivity index (χ2v) is 8.38. The van der Waals surface area contributed by atoms with Crippen LogP contribution in [-0.2, 0) is 16.6 Å². The Morgan fingerprint density at radius 3 is 2.26 bits per heavy atom. The highest BCUT2D eigenvalue weighted by atomic mass is 32.2. The fourth-order valence-electron chi connectivity index (χ4n) is 3.27. The van der Waals surface area contributed by atoms with Gasteiger partial charge in [-0.05, 0) is 49.3 Å². The molecule has 146 valence electrons. The van der Waals surface area contributed by atoms with Crippen LogP contribution in [0, 0.1) is 0 Å². The van der Waals surface area contributed by atoms with Gasteiger partial charge in [0.15, 0.2) is 0 Å². The molecule has 2 aromatic rings. The minimum absolute atomic E-state index is 0.0980. The number of nitrogens with zero attached hydrogens (tertiary/aromatic N) is 2. The standard InChI is InChI=1S/C20H27N3O3S/c21-27(24,25)20-9-7-19(8-10-20)26-16-15-22-11-4-12-23(14-13-22)17-18-5-2-1-3-6-18/h1-3,5-10H,4,11-17H2,(H2,21,24,25). The van der Waals surface area contributed by atoms with Crippen LogP contribution < -0.4 is 9.88 Å². The van der Waals surface area contributed by atoms with Gasteiger partial charge in [0, 0.05) is 26.2 Å². The van der Waals surface area contributed by atoms with Gasteiger partial charge in [-0.15, -0.1) is 0 Å². The van der Waals surface area contributed by atoms with E-state index in [1.165, 1.54) is 17.7 Å². The first-order chi connectivity index (χ1) is 13.0. The van der Waals surface area contributed by atoms with E-state index in [-0.39, 0.29) is 4.90 Å². The summed E-state index contributed by atoms with van der Waals surface area (Å²) >= 11 is 0. The fraction of sp³-hybridized carbons (Fsp3) is 0.400. The Kier molecular flexibility index (Phi) is 6.84. The fourth-order valence-corrected chi connectivity index (χ4v) is 3.78. The molecule has 1 aliphatic heterocycles. The van der Waals surface area contributed by atoms with Crippen LogP contribution in [0.4, 0.5) is 0 Å². The Labute approximate surface area is 161 Å². The molecule has 2 aromatic carbocycles. The predicted molar refractivity (Wildman–Crippen MR) is 106 cm³/mol. The van der Waals surface area contributed by atoms with Crippen molar-refractivity contribution in [2.45, 2.75) is 17.9 Å². The van der Waals surface area contributed by atoms with E-state index in [4.69, 9.17) is 9.88 Å². The van der Waals surface area contributed by atoms with Crippen LogP contribution in [0.1, 0.15) is 12.0 Å². The summed E-state index contributed by atoms with van der Waals surface area (Å²) < 4.78 is 28.3. The molecule has 0 spiro atoms. The van der Waals surface area contributed by atoms with Gasteiger partial charge in [0.1, 0.15) is 12.4 Å². The zero-order chi connectivity index (χ0) is 19.1.